The van der Waals surface area contributed by atoms with Crippen molar-refractivity contribution in [2.24, 2.45) is 5.73 Å². The summed E-state index contributed by atoms with van der Waals surface area (Å²) in [5, 5.41) is 2.93. The highest BCUT2D eigenvalue weighted by atomic mass is 16.2. The van der Waals surface area contributed by atoms with Crippen LogP contribution in [-0.4, -0.2) is 43.0 Å². The first kappa shape index (κ1) is 16.4. The highest BCUT2D eigenvalue weighted by Gasteiger charge is 2.17. The van der Waals surface area contributed by atoms with Gasteiger partial charge in [0.05, 0.1) is 6.04 Å². The Kier molecular flexibility index (Phi) is 8.07. The number of hydrogen-bond acceptors (Lipinski definition) is 3. The van der Waals surface area contributed by atoms with Gasteiger partial charge in [-0.15, -0.1) is 0 Å². The second-order valence-corrected chi connectivity index (χ2v) is 5.81. The van der Waals surface area contributed by atoms with Gasteiger partial charge in [0.15, 0.2) is 0 Å². The van der Waals surface area contributed by atoms with Gasteiger partial charge in [-0.3, -0.25) is 4.79 Å². The van der Waals surface area contributed by atoms with Crippen LogP contribution in [0.5, 0.6) is 0 Å². The molecule has 0 spiro atoms. The number of hydrogen-bond donors (Lipinski definition) is 2. The molecule has 0 heterocycles. The monoisotopic (exact) mass is 269 g/mol. The van der Waals surface area contributed by atoms with Gasteiger partial charge in [0, 0.05) is 12.6 Å². The van der Waals surface area contributed by atoms with E-state index in [1.54, 1.807) is 0 Å². The Balaban J connectivity index is 2.07. The van der Waals surface area contributed by atoms with Gasteiger partial charge in [-0.1, -0.05) is 32.6 Å². The van der Waals surface area contributed by atoms with Crippen LogP contribution in [0.1, 0.15) is 58.3 Å². The molecule has 0 bridgehead atoms. The smallest absolute Gasteiger partial charge is 0.236 e. The van der Waals surface area contributed by atoms with E-state index in [9.17, 15) is 4.79 Å². The zero-order valence-electron chi connectivity index (χ0n) is 12.7. The average Bonchev–Trinajstić information content (AvgIpc) is 2.44. The molecule has 1 saturated carbocycles. The predicted octanol–water partition coefficient (Wildman–Crippen LogP) is 1.88. The number of carbonyl (C=O) groups excluding carboxylic acids is 1. The molecule has 0 aliphatic heterocycles. The van der Waals surface area contributed by atoms with Gasteiger partial charge in [0.1, 0.15) is 0 Å². The van der Waals surface area contributed by atoms with Crippen LogP contribution in [0, 0.1) is 0 Å². The van der Waals surface area contributed by atoms with Gasteiger partial charge in [-0.2, -0.15) is 0 Å². The van der Waals surface area contributed by atoms with Crippen LogP contribution in [0.25, 0.3) is 0 Å². The Morgan fingerprint density at radius 2 is 2.05 bits per heavy atom. The van der Waals surface area contributed by atoms with Crippen LogP contribution in [0.3, 0.4) is 0 Å². The summed E-state index contributed by atoms with van der Waals surface area (Å²) in [7, 11) is 2.21. The Bertz CT molecular complexity index is 252. The second-order valence-electron chi connectivity index (χ2n) is 5.81. The molecular formula is C15H31N3O. The summed E-state index contributed by atoms with van der Waals surface area (Å²) in [4.78, 5) is 14.1. The maximum Gasteiger partial charge on any atom is 0.236 e. The fourth-order valence-electron chi connectivity index (χ4n) is 2.82. The fourth-order valence-corrected chi connectivity index (χ4v) is 2.82. The third kappa shape index (κ3) is 6.39. The molecule has 0 aromatic rings. The van der Waals surface area contributed by atoms with Crippen LogP contribution < -0.4 is 11.1 Å². The van der Waals surface area contributed by atoms with Crippen molar-refractivity contribution in [2.45, 2.75) is 70.4 Å². The normalized spacial score (nSPS) is 18.5. The SMILES string of the molecule is CCC[C@H](N)C(=O)NCCCN(C)C1CCCCC1. The summed E-state index contributed by atoms with van der Waals surface area (Å²) in [6, 6.07) is 0.424. The molecule has 0 aromatic carbocycles. The Labute approximate surface area is 118 Å². The Morgan fingerprint density at radius 3 is 2.68 bits per heavy atom. The molecule has 1 rings (SSSR count). The zero-order valence-corrected chi connectivity index (χ0v) is 12.7. The van der Waals surface area contributed by atoms with Gasteiger partial charge < -0.3 is 16.0 Å². The van der Waals surface area contributed by atoms with Crippen molar-refractivity contribution in [3.05, 3.63) is 0 Å². The number of carbonyl (C=O) groups is 1. The molecule has 19 heavy (non-hydrogen) atoms. The third-order valence-corrected chi connectivity index (χ3v) is 4.12. The molecule has 0 unspecified atom stereocenters. The van der Waals surface area contributed by atoms with E-state index in [1.807, 2.05) is 6.92 Å². The number of amides is 1. The summed E-state index contributed by atoms with van der Waals surface area (Å²) < 4.78 is 0. The summed E-state index contributed by atoms with van der Waals surface area (Å²) in [5.41, 5.74) is 5.76. The molecule has 0 radical (unpaired) electrons. The topological polar surface area (TPSA) is 58.4 Å². The molecule has 1 aliphatic carbocycles. The van der Waals surface area contributed by atoms with Gasteiger partial charge in [-0.05, 0) is 39.3 Å². The maximum atomic E-state index is 11.6. The zero-order chi connectivity index (χ0) is 14.1. The van der Waals surface area contributed by atoms with Gasteiger partial charge in [0.2, 0.25) is 5.91 Å². The van der Waals surface area contributed by atoms with Crippen molar-refractivity contribution in [3.8, 4) is 0 Å². The van der Waals surface area contributed by atoms with Crippen LogP contribution in [0.2, 0.25) is 0 Å². The average molecular weight is 269 g/mol. The number of rotatable bonds is 8. The molecule has 0 saturated heterocycles. The molecule has 112 valence electrons. The molecule has 1 aliphatic rings. The van der Waals surface area contributed by atoms with Gasteiger partial charge >= 0.3 is 0 Å². The number of nitrogens with two attached hydrogens (primary N) is 1. The molecule has 1 fully saturated rings. The summed E-state index contributed by atoms with van der Waals surface area (Å²) >= 11 is 0. The fraction of sp³-hybridized carbons (Fsp3) is 0.933. The highest BCUT2D eigenvalue weighted by molar-refractivity contribution is 5.81. The second kappa shape index (κ2) is 9.32. The van der Waals surface area contributed by atoms with E-state index >= 15 is 0 Å². The Morgan fingerprint density at radius 1 is 1.37 bits per heavy atom. The lowest BCUT2D eigenvalue weighted by molar-refractivity contribution is -0.122. The first-order valence-corrected chi connectivity index (χ1v) is 7.88. The molecule has 4 heteroatoms. The summed E-state index contributed by atoms with van der Waals surface area (Å²) in [5.74, 6) is 0.00201. The summed E-state index contributed by atoms with van der Waals surface area (Å²) in [6.45, 7) is 3.85. The van der Waals surface area contributed by atoms with Crippen LogP contribution in [-0.2, 0) is 4.79 Å². The van der Waals surface area contributed by atoms with E-state index < -0.39 is 0 Å². The van der Waals surface area contributed by atoms with E-state index in [2.05, 4.69) is 17.3 Å². The lowest BCUT2D eigenvalue weighted by Gasteiger charge is -2.31. The minimum absolute atomic E-state index is 0.00201. The number of nitrogens with zero attached hydrogens (tertiary/aromatic N) is 1. The van der Waals surface area contributed by atoms with Gasteiger partial charge in [-0.25, -0.2) is 0 Å². The van der Waals surface area contributed by atoms with Crippen LogP contribution >= 0.6 is 0 Å². The number of nitrogens with one attached hydrogen (secondary N) is 1. The Hall–Kier alpha value is -0.610. The lowest BCUT2D eigenvalue weighted by atomic mass is 9.94. The molecule has 1 amide bonds. The van der Waals surface area contributed by atoms with Gasteiger partial charge in [0.25, 0.3) is 0 Å². The molecule has 3 N–H and O–H groups in total. The van der Waals surface area contributed by atoms with E-state index in [1.165, 1.54) is 32.1 Å². The first-order chi connectivity index (χ1) is 9.15. The lowest BCUT2D eigenvalue weighted by Crippen LogP contribution is -2.42. The van der Waals surface area contributed by atoms with Crippen LogP contribution in [0.4, 0.5) is 0 Å². The quantitative estimate of drug-likeness (QED) is 0.662. The minimum atomic E-state index is -0.332. The van der Waals surface area contributed by atoms with Crippen molar-refractivity contribution in [2.75, 3.05) is 20.1 Å². The van der Waals surface area contributed by atoms with E-state index in [0.717, 1.165) is 38.4 Å². The van der Waals surface area contributed by atoms with E-state index in [4.69, 9.17) is 5.73 Å². The first-order valence-electron chi connectivity index (χ1n) is 7.88. The molecule has 4 nitrogen and oxygen atoms in total. The van der Waals surface area contributed by atoms with Crippen molar-refractivity contribution >= 4 is 5.91 Å². The van der Waals surface area contributed by atoms with E-state index in [0.29, 0.717) is 0 Å². The molecular weight excluding hydrogens is 238 g/mol. The van der Waals surface area contributed by atoms with Crippen molar-refractivity contribution in [3.63, 3.8) is 0 Å². The van der Waals surface area contributed by atoms with Crippen molar-refractivity contribution in [1.82, 2.24) is 10.2 Å². The predicted molar refractivity (Wildman–Crippen MR) is 80.0 cm³/mol. The van der Waals surface area contributed by atoms with E-state index in [-0.39, 0.29) is 11.9 Å². The van der Waals surface area contributed by atoms with Crippen molar-refractivity contribution in [1.29, 1.82) is 0 Å². The third-order valence-electron chi connectivity index (χ3n) is 4.12. The maximum absolute atomic E-state index is 11.6. The standard InChI is InChI=1S/C15H31N3O/c1-3-8-14(16)15(19)17-11-7-12-18(2)13-9-5-4-6-10-13/h13-14H,3-12,16H2,1-2H3,(H,17,19)/t14-/m0/s1. The highest BCUT2D eigenvalue weighted by Crippen LogP contribution is 2.21. The molecule has 1 atom stereocenters. The largest absolute Gasteiger partial charge is 0.355 e. The summed E-state index contributed by atoms with van der Waals surface area (Å²) in [6.07, 6.45) is 9.56. The molecule has 0 aromatic heterocycles. The van der Waals surface area contributed by atoms with Crippen molar-refractivity contribution < 1.29 is 4.79 Å². The minimum Gasteiger partial charge on any atom is -0.355 e. The van der Waals surface area contributed by atoms with Crippen LogP contribution in [0.15, 0.2) is 0 Å².